The van der Waals surface area contributed by atoms with E-state index in [4.69, 9.17) is 29.7 Å². The van der Waals surface area contributed by atoms with Crippen LogP contribution >= 0.6 is 0 Å². The molecule has 0 radical (unpaired) electrons. The van der Waals surface area contributed by atoms with Crippen LogP contribution in [0.15, 0.2) is 273 Å². The molecule has 0 aliphatic rings. The second-order valence-corrected chi connectivity index (χ2v) is 19.8. The molecule has 0 saturated carbocycles. The SMILES string of the molecule is [C-]#[N+]c1cccc(-c2cc(-c3ccc(-c4ccc(-c5cc([N+]#[C-])c(-n6c7ccc(N(c8ccccc8)c8ccccc8)cc7c7cc(N(c8ccccc8)c8ccccc8)ccc76)cc5C#N)cc4)cc3)nc(-c3cccc([N+]#[C-])c3)n2)c1. The maximum Gasteiger partial charge on any atom is 0.211 e. The van der Waals surface area contributed by atoms with Gasteiger partial charge in [0.2, 0.25) is 5.69 Å². The lowest BCUT2D eigenvalue weighted by Gasteiger charge is -2.26. The third kappa shape index (κ3) is 9.73. The molecule has 2 heterocycles. The Morgan fingerprint density at radius 2 is 0.795 bits per heavy atom. The number of aromatic nitrogens is 3. The summed E-state index contributed by atoms with van der Waals surface area (Å²) < 4.78 is 2.14. The fourth-order valence-electron chi connectivity index (χ4n) is 10.9. The van der Waals surface area contributed by atoms with E-state index in [9.17, 15) is 5.26 Å². The number of hydrogen-bond donors (Lipinski definition) is 0. The van der Waals surface area contributed by atoms with E-state index in [-0.39, 0.29) is 0 Å². The van der Waals surface area contributed by atoms with Crippen molar-refractivity contribution in [3.05, 3.63) is 313 Å². The van der Waals surface area contributed by atoms with Crippen molar-refractivity contribution in [2.45, 2.75) is 0 Å². The molecule has 0 unspecified atom stereocenters. The Bertz CT molecular complexity index is 4470. The van der Waals surface area contributed by atoms with Crippen LogP contribution in [0.2, 0.25) is 0 Å². The summed E-state index contributed by atoms with van der Waals surface area (Å²) in [6.45, 7) is 23.9. The summed E-state index contributed by atoms with van der Waals surface area (Å²) in [5.74, 6) is 0.476. The number of fused-ring (bicyclic) bond motifs is 3. The van der Waals surface area contributed by atoms with Crippen LogP contribution < -0.4 is 9.80 Å². The molecule has 13 rings (SSSR count). The van der Waals surface area contributed by atoms with Gasteiger partial charge in [0.15, 0.2) is 17.2 Å². The van der Waals surface area contributed by atoms with E-state index in [0.717, 1.165) is 89.3 Å². The van der Waals surface area contributed by atoms with Gasteiger partial charge in [-0.1, -0.05) is 158 Å². The molecule has 83 heavy (non-hydrogen) atoms. The van der Waals surface area contributed by atoms with Gasteiger partial charge in [0.25, 0.3) is 0 Å². The summed E-state index contributed by atoms with van der Waals surface area (Å²) in [6, 6.07) is 93.4. The molecular formula is C74H45N9. The zero-order valence-electron chi connectivity index (χ0n) is 44.5. The maximum atomic E-state index is 11.0. The van der Waals surface area contributed by atoms with Gasteiger partial charge in [0.05, 0.1) is 59.5 Å². The van der Waals surface area contributed by atoms with Gasteiger partial charge in [-0.05, 0) is 143 Å². The van der Waals surface area contributed by atoms with Gasteiger partial charge in [-0.2, -0.15) is 5.26 Å². The quantitative estimate of drug-likeness (QED) is 0.114. The molecule has 0 spiro atoms. The van der Waals surface area contributed by atoms with E-state index in [1.165, 1.54) is 0 Å². The van der Waals surface area contributed by atoms with Gasteiger partial charge in [0.1, 0.15) is 0 Å². The molecule has 0 aliphatic carbocycles. The van der Waals surface area contributed by atoms with Crippen LogP contribution in [0.5, 0.6) is 0 Å². The van der Waals surface area contributed by atoms with Gasteiger partial charge < -0.3 is 14.4 Å². The molecule has 9 nitrogen and oxygen atoms in total. The molecule has 0 saturated heterocycles. The van der Waals surface area contributed by atoms with E-state index >= 15 is 0 Å². The van der Waals surface area contributed by atoms with Crippen LogP contribution in [-0.4, -0.2) is 14.5 Å². The molecule has 9 heteroatoms. The molecule has 386 valence electrons. The normalized spacial score (nSPS) is 10.8. The predicted molar refractivity (Wildman–Crippen MR) is 336 cm³/mol. The number of hydrogen-bond acceptors (Lipinski definition) is 5. The molecule has 13 aromatic rings. The zero-order valence-corrected chi connectivity index (χ0v) is 44.5. The van der Waals surface area contributed by atoms with Crippen LogP contribution in [0, 0.1) is 31.0 Å². The fraction of sp³-hybridized carbons (Fsp3) is 0. The highest BCUT2D eigenvalue weighted by atomic mass is 15.2. The van der Waals surface area contributed by atoms with Crippen LogP contribution in [0.1, 0.15) is 5.56 Å². The maximum absolute atomic E-state index is 11.0. The zero-order chi connectivity index (χ0) is 56.2. The highest BCUT2D eigenvalue weighted by molar-refractivity contribution is 6.12. The second kappa shape index (κ2) is 21.9. The lowest BCUT2D eigenvalue weighted by molar-refractivity contribution is 1.18. The van der Waals surface area contributed by atoms with Crippen molar-refractivity contribution >= 4 is 73.0 Å². The van der Waals surface area contributed by atoms with E-state index in [1.54, 1.807) is 18.2 Å². The number of benzene rings is 11. The molecule has 0 bridgehead atoms. The molecule has 0 atom stereocenters. The third-order valence-corrected chi connectivity index (χ3v) is 14.8. The van der Waals surface area contributed by atoms with Gasteiger partial charge in [-0.3, -0.25) is 0 Å². The molecule has 0 fully saturated rings. The highest BCUT2D eigenvalue weighted by Gasteiger charge is 2.23. The lowest BCUT2D eigenvalue weighted by Crippen LogP contribution is -2.09. The van der Waals surface area contributed by atoms with Gasteiger partial charge in [-0.25, -0.2) is 24.5 Å². The smallest absolute Gasteiger partial charge is 0.211 e. The highest BCUT2D eigenvalue weighted by Crippen LogP contribution is 2.45. The average molecular weight is 1060 g/mol. The Morgan fingerprint density at radius 1 is 0.361 bits per heavy atom. The Kier molecular flexibility index (Phi) is 13.3. The molecule has 2 aromatic heterocycles. The van der Waals surface area contributed by atoms with E-state index < -0.39 is 0 Å². The lowest BCUT2D eigenvalue weighted by atomic mass is 9.95. The number of rotatable bonds is 12. The standard InChI is InChI=1S/C74H45N9/c1-76-57-20-16-18-54(42-57)69-48-68(79-74(80-69)55-19-17-21-58(43-55)77-2)53-36-32-51(33-37-53)50-30-34-52(35-31-50)65-47-70(78-3)73(44-56(65)49-75)83-71-40-38-63(81(59-22-8-4-9-23-59)60-24-10-5-11-25-60)45-66(71)67-46-64(39-41-72(67)83)82(61-26-12-6-13-27-61)62-28-14-7-15-29-62/h4-48H. The first kappa shape index (κ1) is 50.4. The average Bonchev–Trinajstić information content (AvgIpc) is 2.78. The van der Waals surface area contributed by atoms with Crippen molar-refractivity contribution < 1.29 is 0 Å². The number of para-hydroxylation sites is 4. The summed E-state index contributed by atoms with van der Waals surface area (Å²) in [5, 5.41) is 13.0. The van der Waals surface area contributed by atoms with Crippen molar-refractivity contribution in [2.24, 2.45) is 0 Å². The Labute approximate surface area is 480 Å². The first-order chi connectivity index (χ1) is 40.9. The Balaban J connectivity index is 0.887. The van der Waals surface area contributed by atoms with Gasteiger partial charge >= 0.3 is 0 Å². The van der Waals surface area contributed by atoms with Crippen LogP contribution in [-0.2, 0) is 0 Å². The Morgan fingerprint density at radius 3 is 1.25 bits per heavy atom. The van der Waals surface area contributed by atoms with Gasteiger partial charge in [0, 0.05) is 56.0 Å². The van der Waals surface area contributed by atoms with Crippen molar-refractivity contribution in [1.82, 2.24) is 14.5 Å². The summed E-state index contributed by atoms with van der Waals surface area (Å²) in [4.78, 5) is 25.8. The minimum Gasteiger partial charge on any atom is -0.319 e. The van der Waals surface area contributed by atoms with E-state index in [1.807, 2.05) is 109 Å². The van der Waals surface area contributed by atoms with Crippen molar-refractivity contribution in [1.29, 1.82) is 5.26 Å². The van der Waals surface area contributed by atoms with Crippen LogP contribution in [0.25, 0.3) is 98.2 Å². The minimum absolute atomic E-state index is 0.408. The predicted octanol–water partition coefficient (Wildman–Crippen LogP) is 20.4. The number of nitriles is 1. The first-order valence-electron chi connectivity index (χ1n) is 26.9. The monoisotopic (exact) mass is 1060 g/mol. The first-order valence-corrected chi connectivity index (χ1v) is 26.9. The van der Waals surface area contributed by atoms with Crippen LogP contribution in [0.4, 0.5) is 51.2 Å². The van der Waals surface area contributed by atoms with Crippen molar-refractivity contribution in [2.75, 3.05) is 9.80 Å². The Hall–Kier alpha value is -12.1. The minimum atomic E-state index is 0.408. The summed E-state index contributed by atoms with van der Waals surface area (Å²) in [6.07, 6.45) is 0. The largest absolute Gasteiger partial charge is 0.319 e. The molecule has 0 aliphatic heterocycles. The van der Waals surface area contributed by atoms with Crippen molar-refractivity contribution in [3.63, 3.8) is 0 Å². The molecule has 0 amide bonds. The molecule has 0 N–H and O–H groups in total. The van der Waals surface area contributed by atoms with Crippen molar-refractivity contribution in [3.8, 4) is 67.9 Å². The van der Waals surface area contributed by atoms with Gasteiger partial charge in [-0.15, -0.1) is 0 Å². The topological polar surface area (TPSA) is 74.1 Å². The summed E-state index contributed by atoms with van der Waals surface area (Å²) >= 11 is 0. The number of anilines is 6. The van der Waals surface area contributed by atoms with E-state index in [0.29, 0.717) is 51.1 Å². The van der Waals surface area contributed by atoms with Crippen LogP contribution in [0.3, 0.4) is 0 Å². The van der Waals surface area contributed by atoms with E-state index in [2.05, 4.69) is 181 Å². The second-order valence-electron chi connectivity index (χ2n) is 19.8. The number of nitrogens with zero attached hydrogens (tertiary/aromatic N) is 9. The molecular weight excluding hydrogens is 1010 g/mol. The summed E-state index contributed by atoms with van der Waals surface area (Å²) in [5.41, 5.74) is 17.4. The summed E-state index contributed by atoms with van der Waals surface area (Å²) in [7, 11) is 0. The molecule has 11 aromatic carbocycles. The third-order valence-electron chi connectivity index (χ3n) is 14.8. The fourth-order valence-corrected chi connectivity index (χ4v) is 10.9.